The maximum atomic E-state index is 12.6. The van der Waals surface area contributed by atoms with Gasteiger partial charge < -0.3 is 25.4 Å². The number of alkyl halides is 3. The van der Waals surface area contributed by atoms with Crippen molar-refractivity contribution < 1.29 is 37.4 Å². The first-order valence-corrected chi connectivity index (χ1v) is 11.2. The van der Waals surface area contributed by atoms with Crippen molar-refractivity contribution in [3.05, 3.63) is 70.5 Å². The summed E-state index contributed by atoms with van der Waals surface area (Å²) in [6.45, 7) is -0.489. The van der Waals surface area contributed by atoms with Crippen molar-refractivity contribution in [1.29, 1.82) is 0 Å². The van der Waals surface area contributed by atoms with Gasteiger partial charge in [0.2, 0.25) is 0 Å². The molecular formula is C20H23Cl2F3NO5P. The molecule has 0 bridgehead atoms. The molecule has 0 saturated carbocycles. The summed E-state index contributed by atoms with van der Waals surface area (Å²) in [7, 11) is -4.38. The molecular weight excluding hydrogens is 493 g/mol. The lowest BCUT2D eigenvalue weighted by Crippen LogP contribution is -2.41. The number of halogens is 5. The van der Waals surface area contributed by atoms with E-state index >= 15 is 0 Å². The van der Waals surface area contributed by atoms with Crippen LogP contribution >= 0.6 is 31.6 Å². The highest BCUT2D eigenvalue weighted by Gasteiger charge is 2.30. The summed E-state index contributed by atoms with van der Waals surface area (Å²) < 4.78 is 54.3. The van der Waals surface area contributed by atoms with Gasteiger partial charge in [0.25, 0.3) is 0 Å². The molecule has 0 fully saturated rings. The van der Waals surface area contributed by atoms with Crippen molar-refractivity contribution in [1.82, 2.24) is 0 Å². The second kappa shape index (κ2) is 11.5. The standard InChI is InChI=1S/C20H22ClF3NO5P.ClH/c21-18-12-17(30-16-7-4-15(5-8-16)20(22,23)24)6-3-14(18)2-1-9-19(25,13-26)10-11-31(27,28)29;/h3-8,10-12,26H,1-2,9,13,25H2,(H2,27,28,29);1H/b11-10+;. The molecule has 2 aromatic carbocycles. The number of hydrogen-bond donors (Lipinski definition) is 4. The van der Waals surface area contributed by atoms with Crippen LogP contribution in [0.1, 0.15) is 24.0 Å². The first-order valence-electron chi connectivity index (χ1n) is 9.10. The quantitative estimate of drug-likeness (QED) is 0.338. The Morgan fingerprint density at radius 2 is 1.69 bits per heavy atom. The fraction of sp³-hybridized carbons (Fsp3) is 0.300. The van der Waals surface area contributed by atoms with Crippen LogP contribution in [0.2, 0.25) is 5.02 Å². The van der Waals surface area contributed by atoms with E-state index in [1.807, 2.05) is 0 Å². The first-order chi connectivity index (χ1) is 14.3. The van der Waals surface area contributed by atoms with E-state index < -0.39 is 31.5 Å². The summed E-state index contributed by atoms with van der Waals surface area (Å²) in [5.41, 5.74) is 4.65. The van der Waals surface area contributed by atoms with Crippen LogP contribution in [-0.2, 0) is 17.2 Å². The molecule has 0 aliphatic carbocycles. The van der Waals surface area contributed by atoms with Crippen LogP contribution in [0.25, 0.3) is 0 Å². The largest absolute Gasteiger partial charge is 0.457 e. The third-order valence-corrected chi connectivity index (χ3v) is 5.31. The van der Waals surface area contributed by atoms with Gasteiger partial charge in [-0.05, 0) is 61.2 Å². The average molecular weight is 516 g/mol. The van der Waals surface area contributed by atoms with Crippen molar-refractivity contribution >= 4 is 31.6 Å². The van der Waals surface area contributed by atoms with Crippen molar-refractivity contribution in [2.75, 3.05) is 6.61 Å². The molecule has 0 aliphatic heterocycles. The Morgan fingerprint density at radius 1 is 1.09 bits per heavy atom. The SMILES string of the molecule is Cl.NC(/C=C/P(=O)(O)O)(CO)CCCc1ccc(Oc2ccc(C(F)(F)F)cc2)cc1Cl. The number of ether oxygens (including phenoxy) is 1. The topological polar surface area (TPSA) is 113 Å². The van der Waals surface area contributed by atoms with E-state index in [9.17, 15) is 22.8 Å². The highest BCUT2D eigenvalue weighted by molar-refractivity contribution is 7.55. The predicted molar refractivity (Wildman–Crippen MR) is 118 cm³/mol. The van der Waals surface area contributed by atoms with Crippen LogP contribution in [0.3, 0.4) is 0 Å². The molecule has 1 unspecified atom stereocenters. The Kier molecular flexibility index (Phi) is 10.2. The molecule has 6 nitrogen and oxygen atoms in total. The van der Waals surface area contributed by atoms with Gasteiger partial charge in [0, 0.05) is 10.8 Å². The highest BCUT2D eigenvalue weighted by Crippen LogP contribution is 2.37. The monoisotopic (exact) mass is 515 g/mol. The maximum absolute atomic E-state index is 12.6. The lowest BCUT2D eigenvalue weighted by Gasteiger charge is -2.23. The van der Waals surface area contributed by atoms with Crippen LogP contribution in [0.15, 0.2) is 54.4 Å². The van der Waals surface area contributed by atoms with Crippen molar-refractivity contribution in [3.8, 4) is 11.5 Å². The molecule has 0 heterocycles. The van der Waals surface area contributed by atoms with Gasteiger partial charge in [-0.3, -0.25) is 4.57 Å². The third-order valence-electron chi connectivity index (χ3n) is 4.43. The van der Waals surface area contributed by atoms with E-state index in [1.54, 1.807) is 12.1 Å². The number of nitrogens with two attached hydrogens (primary N) is 1. The zero-order valence-electron chi connectivity index (χ0n) is 16.6. The van der Waals surface area contributed by atoms with E-state index in [2.05, 4.69) is 0 Å². The van der Waals surface area contributed by atoms with Crippen molar-refractivity contribution in [2.24, 2.45) is 5.73 Å². The average Bonchev–Trinajstić information content (AvgIpc) is 2.67. The molecule has 0 aromatic heterocycles. The molecule has 5 N–H and O–H groups in total. The third kappa shape index (κ3) is 9.11. The van der Waals surface area contributed by atoms with Gasteiger partial charge in [0.15, 0.2) is 0 Å². The van der Waals surface area contributed by atoms with E-state index in [0.29, 0.717) is 29.4 Å². The highest BCUT2D eigenvalue weighted by atomic mass is 35.5. The fourth-order valence-electron chi connectivity index (χ4n) is 2.71. The Labute approximate surface area is 194 Å². The van der Waals surface area contributed by atoms with Crippen molar-refractivity contribution in [2.45, 2.75) is 31.0 Å². The van der Waals surface area contributed by atoms with Crippen LogP contribution in [-0.4, -0.2) is 27.0 Å². The number of aliphatic hydroxyl groups is 1. The first kappa shape index (κ1) is 28.5. The smallest absolute Gasteiger partial charge is 0.416 e. The molecule has 0 spiro atoms. The normalized spacial score (nSPS) is 14.1. The molecule has 2 aromatic rings. The molecule has 0 amide bonds. The minimum Gasteiger partial charge on any atom is -0.457 e. The molecule has 0 aliphatic rings. The van der Waals surface area contributed by atoms with Crippen LogP contribution in [0.5, 0.6) is 11.5 Å². The zero-order valence-corrected chi connectivity index (χ0v) is 19.1. The van der Waals surface area contributed by atoms with Crippen LogP contribution in [0.4, 0.5) is 13.2 Å². The second-order valence-corrected chi connectivity index (χ2v) is 8.91. The van der Waals surface area contributed by atoms with Crippen molar-refractivity contribution in [3.63, 3.8) is 0 Å². The van der Waals surface area contributed by atoms with Gasteiger partial charge in [-0.1, -0.05) is 23.7 Å². The summed E-state index contributed by atoms with van der Waals surface area (Å²) in [4.78, 5) is 17.8. The Morgan fingerprint density at radius 3 is 2.19 bits per heavy atom. The van der Waals surface area contributed by atoms with Crippen LogP contribution in [0, 0.1) is 0 Å². The molecule has 12 heteroatoms. The summed E-state index contributed by atoms with van der Waals surface area (Å²) in [5, 5.41) is 9.81. The minimum absolute atomic E-state index is 0. The van der Waals surface area contributed by atoms with E-state index in [0.717, 1.165) is 23.8 Å². The number of hydrogen-bond acceptors (Lipinski definition) is 4. The number of rotatable bonds is 9. The Balaban J connectivity index is 0.00000512. The molecule has 32 heavy (non-hydrogen) atoms. The Bertz CT molecular complexity index is 967. The molecule has 178 valence electrons. The molecule has 0 radical (unpaired) electrons. The molecule has 1 atom stereocenters. The maximum Gasteiger partial charge on any atom is 0.416 e. The van der Waals surface area contributed by atoms with Gasteiger partial charge in [0.05, 0.1) is 17.7 Å². The van der Waals surface area contributed by atoms with Crippen LogP contribution < -0.4 is 10.5 Å². The van der Waals surface area contributed by atoms with Gasteiger partial charge in [-0.2, -0.15) is 13.2 Å². The summed E-state index contributed by atoms with van der Waals surface area (Å²) in [5.74, 6) is 1.25. The zero-order chi connectivity index (χ0) is 23.3. The second-order valence-electron chi connectivity index (χ2n) is 7.03. The van der Waals surface area contributed by atoms with Gasteiger partial charge in [0.1, 0.15) is 11.5 Å². The van der Waals surface area contributed by atoms with Gasteiger partial charge in [-0.25, -0.2) is 0 Å². The van der Waals surface area contributed by atoms with E-state index in [-0.39, 0.29) is 24.6 Å². The predicted octanol–water partition coefficient (Wildman–Crippen LogP) is 5.28. The Hall–Kier alpha value is -1.58. The summed E-state index contributed by atoms with van der Waals surface area (Å²) >= 11 is 6.26. The van der Waals surface area contributed by atoms with Gasteiger partial charge in [-0.15, -0.1) is 12.4 Å². The minimum atomic E-state index is -4.42. The number of aryl methyl sites for hydroxylation is 1. The van der Waals surface area contributed by atoms with E-state index in [4.69, 9.17) is 31.9 Å². The summed E-state index contributed by atoms with van der Waals surface area (Å²) in [6, 6.07) is 9.12. The fourth-order valence-corrected chi connectivity index (χ4v) is 3.47. The summed E-state index contributed by atoms with van der Waals surface area (Å²) in [6.07, 6.45) is -2.12. The number of aliphatic hydroxyl groups excluding tert-OH is 1. The lowest BCUT2D eigenvalue weighted by molar-refractivity contribution is -0.137. The number of benzene rings is 2. The van der Waals surface area contributed by atoms with E-state index in [1.165, 1.54) is 18.2 Å². The lowest BCUT2D eigenvalue weighted by atomic mass is 9.93. The molecule has 2 rings (SSSR count). The molecule has 0 saturated heterocycles. The van der Waals surface area contributed by atoms with Gasteiger partial charge >= 0.3 is 13.8 Å².